The van der Waals surface area contributed by atoms with E-state index >= 15 is 0 Å². The maximum Gasteiger partial charge on any atom is 0.297 e. The molecule has 3 rings (SSSR count). The van der Waals surface area contributed by atoms with Crippen LogP contribution in [0.15, 0.2) is 59.5 Å². The SMILES string of the molecule is Cc1ccc(S(=O)(=O)OCC2CCCN2Cc2ccccc2)cc1. The predicted octanol–water partition coefficient (Wildman–Crippen LogP) is 3.36. The monoisotopic (exact) mass is 345 g/mol. The van der Waals surface area contributed by atoms with Crippen molar-refractivity contribution in [1.82, 2.24) is 4.90 Å². The summed E-state index contributed by atoms with van der Waals surface area (Å²) in [5.74, 6) is 0. The zero-order valence-electron chi connectivity index (χ0n) is 13.9. The first-order chi connectivity index (χ1) is 11.5. The standard InChI is InChI=1S/C19H23NO3S/c1-16-9-11-19(12-10-16)24(21,22)23-15-18-8-5-13-20(18)14-17-6-3-2-4-7-17/h2-4,6-7,9-12,18H,5,8,13-15H2,1H3. The van der Waals surface area contributed by atoms with Crippen LogP contribution in [0, 0.1) is 6.92 Å². The minimum Gasteiger partial charge on any atom is -0.294 e. The molecule has 1 atom stereocenters. The summed E-state index contributed by atoms with van der Waals surface area (Å²) >= 11 is 0. The highest BCUT2D eigenvalue weighted by atomic mass is 32.2. The lowest BCUT2D eigenvalue weighted by Crippen LogP contribution is -2.33. The summed E-state index contributed by atoms with van der Waals surface area (Å²) in [6.07, 6.45) is 2.04. The van der Waals surface area contributed by atoms with Gasteiger partial charge in [-0.3, -0.25) is 9.08 Å². The summed E-state index contributed by atoms with van der Waals surface area (Å²) in [7, 11) is -3.69. The molecule has 5 heteroatoms. The smallest absolute Gasteiger partial charge is 0.294 e. The van der Waals surface area contributed by atoms with Gasteiger partial charge >= 0.3 is 0 Å². The number of benzene rings is 2. The molecule has 0 amide bonds. The molecule has 128 valence electrons. The molecule has 24 heavy (non-hydrogen) atoms. The second-order valence-electron chi connectivity index (χ2n) is 6.30. The second kappa shape index (κ2) is 7.47. The van der Waals surface area contributed by atoms with Crippen molar-refractivity contribution in [3.05, 3.63) is 65.7 Å². The second-order valence-corrected chi connectivity index (χ2v) is 7.92. The largest absolute Gasteiger partial charge is 0.297 e. The van der Waals surface area contributed by atoms with E-state index in [0.717, 1.165) is 31.5 Å². The van der Waals surface area contributed by atoms with E-state index in [0.29, 0.717) is 0 Å². The van der Waals surface area contributed by atoms with Crippen LogP contribution in [0.2, 0.25) is 0 Å². The van der Waals surface area contributed by atoms with Crippen molar-refractivity contribution in [3.8, 4) is 0 Å². The molecule has 0 bridgehead atoms. The van der Waals surface area contributed by atoms with E-state index in [2.05, 4.69) is 17.0 Å². The van der Waals surface area contributed by atoms with Crippen LogP contribution in [0.5, 0.6) is 0 Å². The fourth-order valence-electron chi connectivity index (χ4n) is 3.05. The lowest BCUT2D eigenvalue weighted by Gasteiger charge is -2.24. The van der Waals surface area contributed by atoms with Crippen LogP contribution in [0.1, 0.15) is 24.0 Å². The van der Waals surface area contributed by atoms with Crippen molar-refractivity contribution in [2.24, 2.45) is 0 Å². The van der Waals surface area contributed by atoms with Gasteiger partial charge in [0.1, 0.15) is 0 Å². The molecule has 1 heterocycles. The van der Waals surface area contributed by atoms with Crippen molar-refractivity contribution in [1.29, 1.82) is 0 Å². The van der Waals surface area contributed by atoms with E-state index in [4.69, 9.17) is 4.18 Å². The van der Waals surface area contributed by atoms with Gasteiger partial charge in [0.2, 0.25) is 0 Å². The van der Waals surface area contributed by atoms with Crippen molar-refractivity contribution in [3.63, 3.8) is 0 Å². The summed E-state index contributed by atoms with van der Waals surface area (Å²) in [5.41, 5.74) is 2.27. The van der Waals surface area contributed by atoms with Gasteiger partial charge in [0.25, 0.3) is 10.1 Å². The third-order valence-electron chi connectivity index (χ3n) is 4.45. The van der Waals surface area contributed by atoms with Crippen LogP contribution < -0.4 is 0 Å². The van der Waals surface area contributed by atoms with Crippen molar-refractivity contribution in [2.45, 2.75) is 37.2 Å². The van der Waals surface area contributed by atoms with Crippen LogP contribution in [-0.4, -0.2) is 32.5 Å². The highest BCUT2D eigenvalue weighted by molar-refractivity contribution is 7.86. The molecule has 1 unspecified atom stereocenters. The lowest BCUT2D eigenvalue weighted by atomic mass is 10.2. The van der Waals surface area contributed by atoms with Crippen LogP contribution in [0.3, 0.4) is 0 Å². The van der Waals surface area contributed by atoms with E-state index < -0.39 is 10.1 Å². The predicted molar refractivity (Wildman–Crippen MR) is 94.2 cm³/mol. The van der Waals surface area contributed by atoms with E-state index in [1.165, 1.54) is 5.56 Å². The summed E-state index contributed by atoms with van der Waals surface area (Å²) in [6.45, 7) is 3.95. The Morgan fingerprint density at radius 1 is 1.08 bits per heavy atom. The van der Waals surface area contributed by atoms with Crippen molar-refractivity contribution >= 4 is 10.1 Å². The first kappa shape index (κ1) is 17.1. The molecule has 1 aliphatic heterocycles. The number of hydrogen-bond acceptors (Lipinski definition) is 4. The Hall–Kier alpha value is -1.69. The Morgan fingerprint density at radius 2 is 1.79 bits per heavy atom. The van der Waals surface area contributed by atoms with Gasteiger partial charge in [-0.25, -0.2) is 0 Å². The van der Waals surface area contributed by atoms with Gasteiger partial charge in [0.05, 0.1) is 11.5 Å². The molecular formula is C19H23NO3S. The van der Waals surface area contributed by atoms with Gasteiger partial charge in [-0.2, -0.15) is 8.42 Å². The molecule has 0 spiro atoms. The number of hydrogen-bond donors (Lipinski definition) is 0. The van der Waals surface area contributed by atoms with Crippen LogP contribution >= 0.6 is 0 Å². The normalized spacial score (nSPS) is 18.8. The molecule has 1 saturated heterocycles. The first-order valence-electron chi connectivity index (χ1n) is 8.29. The third-order valence-corrected chi connectivity index (χ3v) is 5.75. The fourth-order valence-corrected chi connectivity index (χ4v) is 3.99. The average Bonchev–Trinajstić information content (AvgIpc) is 3.02. The van der Waals surface area contributed by atoms with Gasteiger partial charge in [-0.1, -0.05) is 48.0 Å². The number of likely N-dealkylation sites (tertiary alicyclic amines) is 1. The van der Waals surface area contributed by atoms with Gasteiger partial charge in [-0.15, -0.1) is 0 Å². The molecular weight excluding hydrogens is 322 g/mol. The molecule has 0 aliphatic carbocycles. The fraction of sp³-hybridized carbons (Fsp3) is 0.368. The number of rotatable bonds is 6. The summed E-state index contributed by atoms with van der Waals surface area (Å²) in [6, 6.07) is 17.2. The molecule has 4 nitrogen and oxygen atoms in total. The van der Waals surface area contributed by atoms with Gasteiger partial charge in [-0.05, 0) is 44.0 Å². The van der Waals surface area contributed by atoms with Gasteiger partial charge in [0, 0.05) is 12.6 Å². The highest BCUT2D eigenvalue weighted by Gasteiger charge is 2.27. The molecule has 1 fully saturated rings. The first-order valence-corrected chi connectivity index (χ1v) is 9.69. The van der Waals surface area contributed by atoms with E-state index in [-0.39, 0.29) is 17.5 Å². The Morgan fingerprint density at radius 3 is 2.50 bits per heavy atom. The minimum atomic E-state index is -3.69. The lowest BCUT2D eigenvalue weighted by molar-refractivity contribution is 0.171. The summed E-state index contributed by atoms with van der Waals surface area (Å²) in [4.78, 5) is 2.53. The molecule has 2 aromatic rings. The number of aryl methyl sites for hydroxylation is 1. The highest BCUT2D eigenvalue weighted by Crippen LogP contribution is 2.22. The Bertz CT molecular complexity index is 757. The van der Waals surface area contributed by atoms with E-state index in [1.807, 2.05) is 25.1 Å². The van der Waals surface area contributed by atoms with E-state index in [1.54, 1.807) is 24.3 Å². The summed E-state index contributed by atoms with van der Waals surface area (Å²) in [5, 5.41) is 0. The average molecular weight is 345 g/mol. The van der Waals surface area contributed by atoms with Gasteiger partial charge in [0.15, 0.2) is 0 Å². The molecule has 0 saturated carbocycles. The minimum absolute atomic E-state index is 0.144. The molecule has 0 aromatic heterocycles. The molecule has 0 N–H and O–H groups in total. The number of nitrogens with zero attached hydrogens (tertiary/aromatic N) is 1. The molecule has 2 aromatic carbocycles. The Labute approximate surface area is 144 Å². The molecule has 0 radical (unpaired) electrons. The Balaban J connectivity index is 1.61. The van der Waals surface area contributed by atoms with Crippen LogP contribution in [0.25, 0.3) is 0 Å². The maximum absolute atomic E-state index is 12.3. The topological polar surface area (TPSA) is 46.6 Å². The van der Waals surface area contributed by atoms with Crippen molar-refractivity contribution < 1.29 is 12.6 Å². The molecule has 1 aliphatic rings. The quantitative estimate of drug-likeness (QED) is 0.753. The van der Waals surface area contributed by atoms with Gasteiger partial charge < -0.3 is 0 Å². The van der Waals surface area contributed by atoms with E-state index in [9.17, 15) is 8.42 Å². The third kappa shape index (κ3) is 4.23. The zero-order chi connectivity index (χ0) is 17.0. The van der Waals surface area contributed by atoms with Crippen LogP contribution in [0.4, 0.5) is 0 Å². The van der Waals surface area contributed by atoms with Crippen LogP contribution in [-0.2, 0) is 20.8 Å². The Kier molecular flexibility index (Phi) is 5.33. The zero-order valence-corrected chi connectivity index (χ0v) is 14.7. The van der Waals surface area contributed by atoms with Crippen molar-refractivity contribution in [2.75, 3.05) is 13.2 Å². The summed E-state index contributed by atoms with van der Waals surface area (Å²) < 4.78 is 30.0. The maximum atomic E-state index is 12.3.